The van der Waals surface area contributed by atoms with Crippen molar-refractivity contribution in [3.8, 4) is 5.75 Å². The van der Waals surface area contributed by atoms with E-state index in [4.69, 9.17) is 5.73 Å². The number of phenolic OH excluding ortho intramolecular Hbond substituents is 1. The van der Waals surface area contributed by atoms with Gasteiger partial charge in [-0.15, -0.1) is 0 Å². The van der Waals surface area contributed by atoms with E-state index in [-0.39, 0.29) is 18.6 Å². The number of nitrogens with two attached hydrogens (primary N) is 1. The number of benzene rings is 2. The maximum atomic E-state index is 12.2. The smallest absolute Gasteiger partial charge is 0.237 e. The van der Waals surface area contributed by atoms with Crippen molar-refractivity contribution in [2.24, 2.45) is 5.73 Å². The molecule has 0 bridgehead atoms. The van der Waals surface area contributed by atoms with Crippen LogP contribution < -0.4 is 11.1 Å². The van der Waals surface area contributed by atoms with Crippen molar-refractivity contribution in [3.05, 3.63) is 65.7 Å². The first kappa shape index (κ1) is 17.9. The molecule has 0 spiro atoms. The van der Waals surface area contributed by atoms with Crippen LogP contribution in [0.1, 0.15) is 11.1 Å². The first-order chi connectivity index (χ1) is 11.5. The van der Waals surface area contributed by atoms with Gasteiger partial charge in [0, 0.05) is 0 Å². The normalized spacial score (nSPS) is 13.5. The molecule has 128 valence electrons. The predicted molar refractivity (Wildman–Crippen MR) is 90.1 cm³/mol. The molecule has 2 aromatic rings. The van der Waals surface area contributed by atoms with E-state index in [9.17, 15) is 20.1 Å². The van der Waals surface area contributed by atoms with E-state index in [2.05, 4.69) is 5.32 Å². The van der Waals surface area contributed by atoms with Crippen molar-refractivity contribution in [1.82, 2.24) is 5.32 Å². The quantitative estimate of drug-likeness (QED) is 0.468. The van der Waals surface area contributed by atoms with E-state index >= 15 is 0 Å². The van der Waals surface area contributed by atoms with Crippen molar-refractivity contribution < 1.29 is 20.1 Å². The fraction of sp³-hybridized carbons (Fsp3) is 0.278. The number of rotatable bonds is 7. The first-order valence-electron chi connectivity index (χ1n) is 7.69. The maximum absolute atomic E-state index is 12.2. The van der Waals surface area contributed by atoms with Gasteiger partial charge in [-0.1, -0.05) is 42.5 Å². The Bertz CT molecular complexity index is 644. The molecule has 2 unspecified atom stereocenters. The molecule has 0 aliphatic carbocycles. The summed E-state index contributed by atoms with van der Waals surface area (Å²) in [6.07, 6.45) is -1.11. The molecule has 0 fully saturated rings. The number of aliphatic hydroxyl groups excluding tert-OH is 1. The second kappa shape index (κ2) is 8.44. The molecule has 0 saturated carbocycles. The molecular weight excluding hydrogens is 308 g/mol. The molecule has 6 N–H and O–H groups in total. The molecule has 6 heteroatoms. The van der Waals surface area contributed by atoms with Gasteiger partial charge >= 0.3 is 0 Å². The Morgan fingerprint density at radius 3 is 2.12 bits per heavy atom. The Morgan fingerprint density at radius 2 is 1.54 bits per heavy atom. The zero-order valence-corrected chi connectivity index (χ0v) is 13.2. The summed E-state index contributed by atoms with van der Waals surface area (Å²) < 4.78 is 0. The number of nitrogens with one attached hydrogen (secondary N) is 1. The van der Waals surface area contributed by atoms with Crippen molar-refractivity contribution in [3.63, 3.8) is 0 Å². The lowest BCUT2D eigenvalue weighted by Gasteiger charge is -2.22. The molecule has 0 radical (unpaired) electrons. The summed E-state index contributed by atoms with van der Waals surface area (Å²) >= 11 is 0. The van der Waals surface area contributed by atoms with Gasteiger partial charge < -0.3 is 26.4 Å². The minimum absolute atomic E-state index is 0.142. The van der Waals surface area contributed by atoms with Crippen LogP contribution in [0.5, 0.6) is 5.75 Å². The van der Waals surface area contributed by atoms with E-state index in [1.807, 2.05) is 30.3 Å². The van der Waals surface area contributed by atoms with Gasteiger partial charge in [0.05, 0.1) is 12.1 Å². The zero-order valence-electron chi connectivity index (χ0n) is 13.2. The predicted octanol–water partition coefficient (Wildman–Crippen LogP) is 0.300. The van der Waals surface area contributed by atoms with Crippen LogP contribution in [-0.4, -0.2) is 39.6 Å². The van der Waals surface area contributed by atoms with Crippen molar-refractivity contribution >= 4 is 5.91 Å². The number of aromatic hydroxyl groups is 1. The summed E-state index contributed by atoms with van der Waals surface area (Å²) in [7, 11) is 0. The zero-order chi connectivity index (χ0) is 17.5. The van der Waals surface area contributed by atoms with Gasteiger partial charge in [-0.05, 0) is 36.1 Å². The summed E-state index contributed by atoms with van der Waals surface area (Å²) in [5.74, 6) is -0.319. The van der Waals surface area contributed by atoms with Gasteiger partial charge in [-0.25, -0.2) is 0 Å². The number of amides is 1. The molecule has 2 rings (SSSR count). The van der Waals surface area contributed by atoms with E-state index in [0.29, 0.717) is 0 Å². The summed E-state index contributed by atoms with van der Waals surface area (Å²) in [5, 5.41) is 30.8. The second-order valence-corrected chi connectivity index (χ2v) is 5.70. The third-order valence-electron chi connectivity index (χ3n) is 3.71. The van der Waals surface area contributed by atoms with Gasteiger partial charge in [-0.2, -0.15) is 0 Å². The third-order valence-corrected chi connectivity index (χ3v) is 3.71. The first-order valence-corrected chi connectivity index (χ1v) is 7.69. The number of phenols is 1. The lowest BCUT2D eigenvalue weighted by Crippen LogP contribution is -2.51. The van der Waals surface area contributed by atoms with Crippen LogP contribution in [-0.2, 0) is 17.6 Å². The lowest BCUT2D eigenvalue weighted by molar-refractivity contribution is -0.128. The Balaban J connectivity index is 1.95. The van der Waals surface area contributed by atoms with Crippen LogP contribution in [0.2, 0.25) is 0 Å². The Labute approximate surface area is 140 Å². The number of aliphatic hydroxyl groups is 2. The Morgan fingerprint density at radius 1 is 0.958 bits per heavy atom. The topological polar surface area (TPSA) is 116 Å². The third kappa shape index (κ3) is 5.34. The van der Waals surface area contributed by atoms with Gasteiger partial charge in [0.2, 0.25) is 5.91 Å². The van der Waals surface area contributed by atoms with Gasteiger partial charge in [0.25, 0.3) is 0 Å². The molecule has 0 aliphatic heterocycles. The van der Waals surface area contributed by atoms with Crippen molar-refractivity contribution in [2.75, 3.05) is 0 Å². The molecule has 0 saturated heterocycles. The molecule has 2 aromatic carbocycles. The molecule has 0 aliphatic rings. The van der Waals surface area contributed by atoms with Gasteiger partial charge in [-0.3, -0.25) is 4.79 Å². The fourth-order valence-electron chi connectivity index (χ4n) is 2.37. The molecule has 0 aromatic heterocycles. The minimum Gasteiger partial charge on any atom is -0.508 e. The van der Waals surface area contributed by atoms with Crippen LogP contribution in [0, 0.1) is 0 Å². The average molecular weight is 330 g/mol. The van der Waals surface area contributed by atoms with Crippen LogP contribution in [0.15, 0.2) is 54.6 Å². The number of carbonyl (C=O) groups excluding carboxylic acids is 1. The molecule has 0 heterocycles. The monoisotopic (exact) mass is 330 g/mol. The molecule has 6 nitrogen and oxygen atoms in total. The summed E-state index contributed by atoms with van der Waals surface area (Å²) in [6.45, 7) is 0. The highest BCUT2D eigenvalue weighted by atomic mass is 16.5. The van der Waals surface area contributed by atoms with E-state index in [1.54, 1.807) is 12.1 Å². The minimum atomic E-state index is -1.69. The van der Waals surface area contributed by atoms with E-state index < -0.39 is 24.3 Å². The maximum Gasteiger partial charge on any atom is 0.237 e. The molecule has 2 atom stereocenters. The van der Waals surface area contributed by atoms with E-state index in [1.165, 1.54) is 12.1 Å². The lowest BCUT2D eigenvalue weighted by atomic mass is 10.0. The van der Waals surface area contributed by atoms with Crippen LogP contribution in [0.4, 0.5) is 0 Å². The van der Waals surface area contributed by atoms with Crippen molar-refractivity contribution in [1.29, 1.82) is 0 Å². The van der Waals surface area contributed by atoms with Gasteiger partial charge in [0.15, 0.2) is 6.29 Å². The second-order valence-electron chi connectivity index (χ2n) is 5.70. The fourth-order valence-corrected chi connectivity index (χ4v) is 2.37. The Kier molecular flexibility index (Phi) is 6.31. The summed E-state index contributed by atoms with van der Waals surface area (Å²) in [4.78, 5) is 12.2. The largest absolute Gasteiger partial charge is 0.508 e. The highest BCUT2D eigenvalue weighted by molar-refractivity contribution is 5.82. The summed E-state index contributed by atoms with van der Waals surface area (Å²) in [6, 6.07) is 14.0. The number of hydrogen-bond donors (Lipinski definition) is 5. The number of carbonyl (C=O) groups is 1. The molecular formula is C18H22N2O4. The SMILES string of the molecule is NC(Cc1ccc(O)cc1)C(=O)NC(Cc1ccccc1)C(O)O. The number of hydrogen-bond acceptors (Lipinski definition) is 5. The standard InChI is InChI=1S/C18H22N2O4/c19-15(10-13-6-8-14(21)9-7-13)17(22)20-16(18(23)24)11-12-4-2-1-3-5-12/h1-9,15-16,18,21,23-24H,10-11,19H2,(H,20,22). The van der Waals surface area contributed by atoms with Crippen LogP contribution in [0.3, 0.4) is 0 Å². The van der Waals surface area contributed by atoms with Gasteiger partial charge in [0.1, 0.15) is 5.75 Å². The average Bonchev–Trinajstić information content (AvgIpc) is 2.57. The highest BCUT2D eigenvalue weighted by Gasteiger charge is 2.23. The molecule has 1 amide bonds. The summed E-state index contributed by atoms with van der Waals surface area (Å²) in [5.41, 5.74) is 7.57. The van der Waals surface area contributed by atoms with Crippen LogP contribution >= 0.6 is 0 Å². The van der Waals surface area contributed by atoms with Crippen molar-refractivity contribution in [2.45, 2.75) is 31.2 Å². The highest BCUT2D eigenvalue weighted by Crippen LogP contribution is 2.11. The molecule has 24 heavy (non-hydrogen) atoms. The Hall–Kier alpha value is -2.41. The van der Waals surface area contributed by atoms with E-state index in [0.717, 1.165) is 11.1 Å². The van der Waals surface area contributed by atoms with Crippen LogP contribution in [0.25, 0.3) is 0 Å².